The van der Waals surface area contributed by atoms with Gasteiger partial charge >= 0.3 is 12.0 Å². The maximum absolute atomic E-state index is 14.0. The van der Waals surface area contributed by atoms with E-state index >= 15 is 0 Å². The van der Waals surface area contributed by atoms with E-state index < -0.39 is 58.1 Å². The molecule has 3 N–H and O–H groups in total. The van der Waals surface area contributed by atoms with Crippen LogP contribution in [0, 0.1) is 17.5 Å². The topological polar surface area (TPSA) is 124 Å². The number of aromatic carboxylic acids is 1. The fourth-order valence-corrected chi connectivity index (χ4v) is 4.52. The van der Waals surface area contributed by atoms with Gasteiger partial charge in [0.25, 0.3) is 0 Å². The van der Waals surface area contributed by atoms with Crippen LogP contribution >= 0.6 is 23.1 Å². The van der Waals surface area contributed by atoms with Crippen molar-refractivity contribution in [3.05, 3.63) is 39.7 Å². The van der Waals surface area contributed by atoms with E-state index in [0.717, 1.165) is 26.1 Å². The van der Waals surface area contributed by atoms with E-state index in [2.05, 4.69) is 19.9 Å². The molecule has 1 aliphatic heterocycles. The molecule has 1 aromatic heterocycles. The molecule has 37 heavy (non-hydrogen) atoms. The quantitative estimate of drug-likeness (QED) is 0.229. The van der Waals surface area contributed by atoms with Crippen LogP contribution in [0.15, 0.2) is 6.07 Å². The number of urea groups is 1. The monoisotopic (exact) mass is 563 g/mol. The van der Waals surface area contributed by atoms with Gasteiger partial charge in [0.1, 0.15) is 17.4 Å². The summed E-state index contributed by atoms with van der Waals surface area (Å²) in [6, 6.07) is -0.0893. The second-order valence-electron chi connectivity index (χ2n) is 8.17. The fraction of sp³-hybridized carbons (Fsp3) is 0.455. The molecule has 2 heterocycles. The standard InChI is InChI=1S/C22H25ClF3N5O5S/c1-12(32)31-8-6-30(7-9-31)5-3-2-4-27-22(35)28-20-16(21(33)34)19(29-37-20)36-11-13-15(24)10-14(23)18(26)17(13)25/h10H,2-9,11H2,1H3,(H,33,34)(H2,27,28,35). The Hall–Kier alpha value is -3.10. The maximum atomic E-state index is 14.0. The highest BCUT2D eigenvalue weighted by atomic mass is 35.5. The molecular formula is C22H25ClF3N5O5S. The van der Waals surface area contributed by atoms with Gasteiger partial charge in [0.2, 0.25) is 11.8 Å². The lowest BCUT2D eigenvalue weighted by Crippen LogP contribution is -2.48. The van der Waals surface area contributed by atoms with Gasteiger partial charge in [-0.25, -0.2) is 22.8 Å². The molecule has 15 heteroatoms. The normalized spacial score (nSPS) is 13.9. The lowest BCUT2D eigenvalue weighted by molar-refractivity contribution is -0.130. The van der Waals surface area contributed by atoms with E-state index in [0.29, 0.717) is 43.7 Å². The first-order valence-electron chi connectivity index (χ1n) is 11.3. The number of hydrogen-bond donors (Lipinski definition) is 3. The minimum Gasteiger partial charge on any atom is -0.477 e. The van der Waals surface area contributed by atoms with Crippen LogP contribution in [0.5, 0.6) is 5.88 Å². The summed E-state index contributed by atoms with van der Waals surface area (Å²) in [6.07, 6.45) is 1.50. The number of carbonyl (C=O) groups excluding carboxylic acids is 2. The molecule has 0 aliphatic carbocycles. The Balaban J connectivity index is 1.47. The van der Waals surface area contributed by atoms with Gasteiger partial charge in [0, 0.05) is 39.6 Å². The Morgan fingerprint density at radius 1 is 1.16 bits per heavy atom. The second-order valence-corrected chi connectivity index (χ2v) is 9.35. The molecule has 10 nitrogen and oxygen atoms in total. The van der Waals surface area contributed by atoms with Gasteiger partial charge in [0.05, 0.1) is 10.6 Å². The minimum atomic E-state index is -1.56. The zero-order valence-electron chi connectivity index (χ0n) is 19.8. The summed E-state index contributed by atoms with van der Waals surface area (Å²) < 4.78 is 50.5. The van der Waals surface area contributed by atoms with Gasteiger partial charge in [0.15, 0.2) is 17.2 Å². The zero-order chi connectivity index (χ0) is 27.1. The maximum Gasteiger partial charge on any atom is 0.344 e. The van der Waals surface area contributed by atoms with Crippen molar-refractivity contribution in [2.75, 3.05) is 44.6 Å². The SMILES string of the molecule is CC(=O)N1CCN(CCCCNC(=O)Nc2snc(OCc3c(F)cc(Cl)c(F)c3F)c2C(=O)O)CC1. The van der Waals surface area contributed by atoms with Crippen LogP contribution < -0.4 is 15.4 Å². The van der Waals surface area contributed by atoms with E-state index in [1.165, 1.54) is 0 Å². The number of unbranched alkanes of at least 4 members (excludes halogenated alkanes) is 1. The smallest absolute Gasteiger partial charge is 0.344 e. The number of nitrogens with one attached hydrogen (secondary N) is 2. The number of piperazine rings is 1. The molecular weight excluding hydrogens is 539 g/mol. The fourth-order valence-electron chi connectivity index (χ4n) is 3.62. The summed E-state index contributed by atoms with van der Waals surface area (Å²) in [5.41, 5.74) is -1.31. The van der Waals surface area contributed by atoms with E-state index in [9.17, 15) is 32.7 Å². The van der Waals surface area contributed by atoms with Crippen LogP contribution in [0.4, 0.5) is 23.0 Å². The third-order valence-electron chi connectivity index (χ3n) is 5.67. The molecule has 202 valence electrons. The zero-order valence-corrected chi connectivity index (χ0v) is 21.4. The lowest BCUT2D eigenvalue weighted by atomic mass is 10.2. The summed E-state index contributed by atoms with van der Waals surface area (Å²) in [7, 11) is 0. The van der Waals surface area contributed by atoms with Gasteiger partial charge in [-0.05, 0) is 37.0 Å². The Kier molecular flexibility index (Phi) is 9.94. The summed E-state index contributed by atoms with van der Waals surface area (Å²) in [5.74, 6) is -6.12. The molecule has 0 radical (unpaired) electrons. The largest absolute Gasteiger partial charge is 0.477 e. The van der Waals surface area contributed by atoms with E-state index in [4.69, 9.17) is 16.3 Å². The van der Waals surface area contributed by atoms with Gasteiger partial charge in [-0.2, -0.15) is 4.37 Å². The number of carboxylic acids is 1. The van der Waals surface area contributed by atoms with Crippen LogP contribution in [-0.2, 0) is 11.4 Å². The summed E-state index contributed by atoms with van der Waals surface area (Å²) >= 11 is 5.99. The third kappa shape index (κ3) is 7.46. The highest BCUT2D eigenvalue weighted by Gasteiger charge is 2.25. The first-order valence-corrected chi connectivity index (χ1v) is 12.4. The molecule has 3 rings (SSSR count). The number of carbonyl (C=O) groups is 3. The first-order chi connectivity index (χ1) is 17.6. The molecule has 1 aliphatic rings. The Morgan fingerprint density at radius 3 is 2.51 bits per heavy atom. The average molecular weight is 564 g/mol. The molecule has 0 saturated carbocycles. The van der Waals surface area contributed by atoms with Crippen molar-refractivity contribution in [2.45, 2.75) is 26.4 Å². The van der Waals surface area contributed by atoms with Gasteiger partial charge in [-0.15, -0.1) is 0 Å². The second kappa shape index (κ2) is 12.9. The van der Waals surface area contributed by atoms with Crippen molar-refractivity contribution in [1.29, 1.82) is 0 Å². The van der Waals surface area contributed by atoms with Crippen molar-refractivity contribution in [1.82, 2.24) is 19.5 Å². The Morgan fingerprint density at radius 2 is 1.86 bits per heavy atom. The van der Waals surface area contributed by atoms with Crippen molar-refractivity contribution in [2.24, 2.45) is 0 Å². The van der Waals surface area contributed by atoms with E-state index in [1.54, 1.807) is 11.8 Å². The average Bonchev–Trinajstić information content (AvgIpc) is 3.25. The van der Waals surface area contributed by atoms with Crippen molar-refractivity contribution in [3.8, 4) is 5.88 Å². The number of ether oxygens (including phenoxy) is 1. The summed E-state index contributed by atoms with van der Waals surface area (Å²) in [4.78, 5) is 39.3. The third-order valence-corrected chi connectivity index (χ3v) is 6.69. The number of nitrogens with zero attached hydrogens (tertiary/aromatic N) is 3. The molecule has 0 atom stereocenters. The minimum absolute atomic E-state index is 0.0697. The number of benzene rings is 1. The molecule has 0 spiro atoms. The van der Waals surface area contributed by atoms with Crippen LogP contribution in [0.2, 0.25) is 5.02 Å². The van der Waals surface area contributed by atoms with Crippen molar-refractivity contribution >= 4 is 46.0 Å². The van der Waals surface area contributed by atoms with E-state index in [1.807, 2.05) is 0 Å². The highest BCUT2D eigenvalue weighted by molar-refractivity contribution is 7.11. The Labute approximate surface area is 219 Å². The predicted octanol–water partition coefficient (Wildman–Crippen LogP) is 3.56. The molecule has 1 aromatic carbocycles. The number of amides is 3. The number of carboxylic acid groups (broad SMARTS) is 1. The van der Waals surface area contributed by atoms with Crippen molar-refractivity contribution in [3.63, 3.8) is 0 Å². The number of anilines is 1. The molecule has 3 amide bonds. The van der Waals surface area contributed by atoms with Crippen LogP contribution in [-0.4, -0.2) is 76.5 Å². The first kappa shape index (κ1) is 28.5. The van der Waals surface area contributed by atoms with Crippen LogP contribution in [0.3, 0.4) is 0 Å². The summed E-state index contributed by atoms with van der Waals surface area (Å²) in [5, 5.41) is 13.6. The van der Waals surface area contributed by atoms with E-state index in [-0.39, 0.29) is 10.9 Å². The number of rotatable bonds is 10. The molecule has 1 fully saturated rings. The van der Waals surface area contributed by atoms with Crippen molar-refractivity contribution < 1.29 is 37.4 Å². The number of halogens is 4. The molecule has 0 bridgehead atoms. The molecule has 1 saturated heterocycles. The van der Waals surface area contributed by atoms with Crippen LogP contribution in [0.1, 0.15) is 35.7 Å². The number of aromatic nitrogens is 1. The lowest BCUT2D eigenvalue weighted by Gasteiger charge is -2.34. The van der Waals surface area contributed by atoms with Gasteiger partial charge in [-0.3, -0.25) is 15.0 Å². The van der Waals surface area contributed by atoms with Gasteiger partial charge in [-0.1, -0.05) is 11.6 Å². The molecule has 0 unspecified atom stereocenters. The van der Waals surface area contributed by atoms with Gasteiger partial charge < -0.3 is 20.1 Å². The number of hydrogen-bond acceptors (Lipinski definition) is 7. The highest BCUT2D eigenvalue weighted by Crippen LogP contribution is 2.32. The Bertz CT molecular complexity index is 1160. The van der Waals surface area contributed by atoms with Crippen LogP contribution in [0.25, 0.3) is 0 Å². The molecule has 2 aromatic rings. The predicted molar refractivity (Wildman–Crippen MR) is 130 cm³/mol. The summed E-state index contributed by atoms with van der Waals surface area (Å²) in [6.45, 7) is 4.85.